The first kappa shape index (κ1) is 22.8. The first-order chi connectivity index (χ1) is 15.7. The Morgan fingerprint density at radius 3 is 2.64 bits per heavy atom. The van der Waals surface area contributed by atoms with Gasteiger partial charge in [0.05, 0.1) is 18.0 Å². The van der Waals surface area contributed by atoms with Crippen LogP contribution in [0.5, 0.6) is 0 Å². The van der Waals surface area contributed by atoms with Crippen LogP contribution >= 0.6 is 0 Å². The van der Waals surface area contributed by atoms with Crippen molar-refractivity contribution >= 4 is 5.57 Å². The molecule has 0 N–H and O–H groups in total. The van der Waals surface area contributed by atoms with Crippen molar-refractivity contribution in [2.75, 3.05) is 6.61 Å². The molecule has 1 aliphatic carbocycles. The number of ether oxygens (including phenoxy) is 1. The molecule has 1 unspecified atom stereocenters. The van der Waals surface area contributed by atoms with Crippen molar-refractivity contribution in [3.63, 3.8) is 0 Å². The van der Waals surface area contributed by atoms with Crippen molar-refractivity contribution < 1.29 is 4.74 Å². The van der Waals surface area contributed by atoms with Gasteiger partial charge in [-0.1, -0.05) is 24.6 Å². The number of aromatic nitrogens is 6. The van der Waals surface area contributed by atoms with Gasteiger partial charge in [-0.2, -0.15) is 10.2 Å². The van der Waals surface area contributed by atoms with Gasteiger partial charge in [0.15, 0.2) is 5.82 Å². The summed E-state index contributed by atoms with van der Waals surface area (Å²) in [6.45, 7) is 8.79. The van der Waals surface area contributed by atoms with E-state index >= 15 is 0 Å². The Balaban J connectivity index is 1.58. The van der Waals surface area contributed by atoms with Crippen molar-refractivity contribution in [1.29, 1.82) is 0 Å². The molecule has 0 aliphatic heterocycles. The second kappa shape index (κ2) is 9.23. The summed E-state index contributed by atoms with van der Waals surface area (Å²) < 4.78 is 9.20. The number of hydrogen-bond acceptors (Lipinski definition) is 6. The molecule has 0 bridgehead atoms. The Labute approximate surface area is 193 Å². The molecule has 33 heavy (non-hydrogen) atoms. The monoisotopic (exact) mass is 446 g/mol. The summed E-state index contributed by atoms with van der Waals surface area (Å²) in [6.07, 6.45) is 14.5. The normalized spacial score (nSPS) is 16.5. The summed E-state index contributed by atoms with van der Waals surface area (Å²) in [5, 5.41) is 8.76. The van der Waals surface area contributed by atoms with E-state index < -0.39 is 5.60 Å². The maximum absolute atomic E-state index is 12.5. The Morgan fingerprint density at radius 1 is 1.21 bits per heavy atom. The van der Waals surface area contributed by atoms with Gasteiger partial charge in [-0.15, -0.1) is 0 Å². The fraction of sp³-hybridized carbons (Fsp3) is 0.400. The molecule has 1 aliphatic rings. The first-order valence-corrected chi connectivity index (χ1v) is 11.2. The second-order valence-electron chi connectivity index (χ2n) is 8.96. The quantitative estimate of drug-likeness (QED) is 0.551. The highest BCUT2D eigenvalue weighted by Crippen LogP contribution is 2.29. The van der Waals surface area contributed by atoms with Gasteiger partial charge < -0.3 is 4.74 Å². The molecule has 0 radical (unpaired) electrons. The average molecular weight is 447 g/mol. The standard InChI is InChI=1S/C25H30N6O2/c1-6-33-25(3,4)20-13-26-24(27-14-20)19-10-17(2)9-18(11-19)12-22-23(32)7-8-31(29-22)21-15-28-30(5)16-21/h7-8,10-11,13-17H,6,9,12H2,1-5H3. The molecule has 3 heterocycles. The van der Waals surface area contributed by atoms with Crippen LogP contribution in [0.25, 0.3) is 11.3 Å². The maximum atomic E-state index is 12.5. The highest BCUT2D eigenvalue weighted by molar-refractivity contribution is 5.72. The summed E-state index contributed by atoms with van der Waals surface area (Å²) in [6, 6.07) is 1.56. The fourth-order valence-corrected chi connectivity index (χ4v) is 4.06. The van der Waals surface area contributed by atoms with Crippen molar-refractivity contribution in [2.24, 2.45) is 13.0 Å². The van der Waals surface area contributed by atoms with Crippen LogP contribution in [-0.4, -0.2) is 36.1 Å². The minimum absolute atomic E-state index is 0.0708. The molecule has 8 nitrogen and oxygen atoms in total. The maximum Gasteiger partial charge on any atom is 0.203 e. The number of nitrogens with zero attached hydrogens (tertiary/aromatic N) is 6. The zero-order chi connectivity index (χ0) is 23.6. The molecule has 8 heteroatoms. The van der Waals surface area contributed by atoms with E-state index in [1.165, 1.54) is 0 Å². The molecule has 0 fully saturated rings. The van der Waals surface area contributed by atoms with E-state index in [9.17, 15) is 4.79 Å². The van der Waals surface area contributed by atoms with Gasteiger partial charge in [0.25, 0.3) is 0 Å². The largest absolute Gasteiger partial charge is 0.371 e. The van der Waals surface area contributed by atoms with Gasteiger partial charge >= 0.3 is 0 Å². The SMILES string of the molecule is CCOC(C)(C)c1cnc(C2=CC(C)CC(Cc3nn(-c4cnn(C)c4)ccc3=O)=C2)nc1. The summed E-state index contributed by atoms with van der Waals surface area (Å²) in [4.78, 5) is 21.7. The molecule has 0 saturated carbocycles. The molecule has 0 amide bonds. The van der Waals surface area contributed by atoms with Crippen molar-refractivity contribution in [2.45, 2.75) is 46.1 Å². The predicted octanol–water partition coefficient (Wildman–Crippen LogP) is 3.62. The molecular formula is C25H30N6O2. The van der Waals surface area contributed by atoms with Crippen LogP contribution in [0, 0.1) is 5.92 Å². The minimum Gasteiger partial charge on any atom is -0.371 e. The topological polar surface area (TPSA) is 87.7 Å². The van der Waals surface area contributed by atoms with E-state index in [1.54, 1.807) is 27.8 Å². The molecule has 3 aromatic rings. The van der Waals surface area contributed by atoms with E-state index in [4.69, 9.17) is 4.74 Å². The van der Waals surface area contributed by atoms with Crippen LogP contribution < -0.4 is 5.43 Å². The van der Waals surface area contributed by atoms with Crippen molar-refractivity contribution in [3.8, 4) is 5.69 Å². The lowest BCUT2D eigenvalue weighted by atomic mass is 9.89. The molecule has 0 saturated heterocycles. The van der Waals surface area contributed by atoms with E-state index in [0.717, 1.165) is 28.8 Å². The van der Waals surface area contributed by atoms with Crippen LogP contribution in [0.4, 0.5) is 0 Å². The van der Waals surface area contributed by atoms with Gasteiger partial charge in [-0.05, 0) is 33.1 Å². The lowest BCUT2D eigenvalue weighted by molar-refractivity contribution is -0.0145. The molecule has 0 spiro atoms. The summed E-state index contributed by atoms with van der Waals surface area (Å²) in [5.41, 5.74) is 3.86. The van der Waals surface area contributed by atoms with Crippen molar-refractivity contribution in [1.82, 2.24) is 29.5 Å². The third-order valence-corrected chi connectivity index (χ3v) is 5.75. The zero-order valence-corrected chi connectivity index (χ0v) is 19.8. The van der Waals surface area contributed by atoms with Gasteiger partial charge in [-0.3, -0.25) is 9.48 Å². The third-order valence-electron chi connectivity index (χ3n) is 5.75. The van der Waals surface area contributed by atoms with Gasteiger partial charge in [0, 0.05) is 55.9 Å². The van der Waals surface area contributed by atoms with Crippen molar-refractivity contribution in [3.05, 3.63) is 82.1 Å². The van der Waals surface area contributed by atoms with Gasteiger partial charge in [0.2, 0.25) is 5.43 Å². The van der Waals surface area contributed by atoms with Gasteiger partial charge in [-0.25, -0.2) is 14.6 Å². The lowest BCUT2D eigenvalue weighted by Gasteiger charge is -2.24. The summed E-state index contributed by atoms with van der Waals surface area (Å²) in [7, 11) is 1.85. The Morgan fingerprint density at radius 2 is 1.97 bits per heavy atom. The Kier molecular flexibility index (Phi) is 6.37. The third kappa shape index (κ3) is 5.17. The van der Waals surface area contributed by atoms with E-state index in [2.05, 4.69) is 39.2 Å². The van der Waals surface area contributed by atoms with Crippen LogP contribution in [0.2, 0.25) is 0 Å². The number of rotatable bonds is 7. The van der Waals surface area contributed by atoms with E-state index in [0.29, 0.717) is 30.5 Å². The second-order valence-corrected chi connectivity index (χ2v) is 8.96. The average Bonchev–Trinajstić information content (AvgIpc) is 3.21. The molecule has 1 atom stereocenters. The molecule has 0 aromatic carbocycles. The highest BCUT2D eigenvalue weighted by Gasteiger charge is 2.22. The summed E-state index contributed by atoms with van der Waals surface area (Å²) in [5.74, 6) is 0.983. The Bertz CT molecular complexity index is 1250. The van der Waals surface area contributed by atoms with Crippen LogP contribution in [0.3, 0.4) is 0 Å². The molecule has 4 rings (SSSR count). The molecule has 3 aromatic heterocycles. The molecular weight excluding hydrogens is 416 g/mol. The predicted molar refractivity (Wildman–Crippen MR) is 127 cm³/mol. The van der Waals surface area contributed by atoms with Crippen LogP contribution in [-0.2, 0) is 23.8 Å². The Hall–Kier alpha value is -3.39. The summed E-state index contributed by atoms with van der Waals surface area (Å²) >= 11 is 0. The number of hydrogen-bond donors (Lipinski definition) is 0. The smallest absolute Gasteiger partial charge is 0.203 e. The fourth-order valence-electron chi connectivity index (χ4n) is 4.06. The van der Waals surface area contributed by atoms with E-state index in [-0.39, 0.29) is 5.43 Å². The highest BCUT2D eigenvalue weighted by atomic mass is 16.5. The number of aryl methyl sites for hydroxylation is 1. The minimum atomic E-state index is -0.435. The van der Waals surface area contributed by atoms with Crippen LogP contribution in [0.1, 0.15) is 51.2 Å². The lowest BCUT2D eigenvalue weighted by Crippen LogP contribution is -2.22. The van der Waals surface area contributed by atoms with E-state index in [1.807, 2.05) is 46.4 Å². The molecule has 172 valence electrons. The zero-order valence-electron chi connectivity index (χ0n) is 19.8. The first-order valence-electron chi connectivity index (χ1n) is 11.2. The van der Waals surface area contributed by atoms with Gasteiger partial charge in [0.1, 0.15) is 11.4 Å². The van der Waals surface area contributed by atoms with Crippen LogP contribution in [0.15, 0.2) is 59.6 Å². The number of allylic oxidation sites excluding steroid dienone is 4.